The molecule has 0 saturated carbocycles. The second-order valence-electron chi connectivity index (χ2n) is 5.14. The zero-order chi connectivity index (χ0) is 16.7. The van der Waals surface area contributed by atoms with Crippen molar-refractivity contribution >= 4 is 11.9 Å². The third-order valence-corrected chi connectivity index (χ3v) is 3.17. The van der Waals surface area contributed by atoms with Crippen LogP contribution in [0.4, 0.5) is 0 Å². The fraction of sp³-hybridized carbons (Fsp3) is 0.222. The van der Waals surface area contributed by atoms with E-state index in [-0.39, 0.29) is 12.6 Å². The van der Waals surface area contributed by atoms with Crippen molar-refractivity contribution in [1.82, 2.24) is 0 Å². The minimum absolute atomic E-state index is 0.207. The average Bonchev–Trinajstić information content (AvgIpc) is 2.55. The molecule has 0 fully saturated rings. The molecule has 0 aliphatic carbocycles. The number of nitrogens with two attached hydrogens (primary N) is 1. The Kier molecular flexibility index (Phi) is 5.88. The van der Waals surface area contributed by atoms with Crippen LogP contribution in [0.3, 0.4) is 0 Å². The van der Waals surface area contributed by atoms with Crippen molar-refractivity contribution in [1.29, 1.82) is 0 Å². The highest BCUT2D eigenvalue weighted by Crippen LogP contribution is 2.14. The maximum absolute atomic E-state index is 11.9. The Morgan fingerprint density at radius 1 is 1.00 bits per heavy atom. The molecule has 0 unspecified atom stereocenters. The van der Waals surface area contributed by atoms with Crippen LogP contribution in [0.25, 0.3) is 0 Å². The second kappa shape index (κ2) is 8.10. The molecule has 23 heavy (non-hydrogen) atoms. The Bertz CT molecular complexity index is 652. The van der Waals surface area contributed by atoms with Crippen LogP contribution in [0, 0.1) is 0 Å². The maximum atomic E-state index is 11.9. The highest BCUT2D eigenvalue weighted by molar-refractivity contribution is 5.76. The van der Waals surface area contributed by atoms with Gasteiger partial charge in [-0.1, -0.05) is 42.5 Å². The van der Waals surface area contributed by atoms with Crippen LogP contribution >= 0.6 is 0 Å². The van der Waals surface area contributed by atoms with Gasteiger partial charge in [-0.3, -0.25) is 9.59 Å². The SMILES string of the molecule is CC(=O)Oc1ccc(C[C@H](N)C(=O)OCc2ccccc2)cc1. The average molecular weight is 313 g/mol. The largest absolute Gasteiger partial charge is 0.460 e. The lowest BCUT2D eigenvalue weighted by Gasteiger charge is -2.12. The van der Waals surface area contributed by atoms with Gasteiger partial charge in [-0.25, -0.2) is 0 Å². The predicted molar refractivity (Wildman–Crippen MR) is 85.7 cm³/mol. The molecule has 0 amide bonds. The lowest BCUT2D eigenvalue weighted by molar-refractivity contribution is -0.146. The molecule has 0 aromatic heterocycles. The van der Waals surface area contributed by atoms with E-state index in [9.17, 15) is 9.59 Å². The van der Waals surface area contributed by atoms with Gasteiger partial charge in [0.05, 0.1) is 0 Å². The van der Waals surface area contributed by atoms with Gasteiger partial charge < -0.3 is 15.2 Å². The van der Waals surface area contributed by atoms with Crippen LogP contribution < -0.4 is 10.5 Å². The summed E-state index contributed by atoms with van der Waals surface area (Å²) in [5, 5.41) is 0. The molecule has 5 nitrogen and oxygen atoms in total. The minimum Gasteiger partial charge on any atom is -0.460 e. The van der Waals surface area contributed by atoms with Gasteiger partial charge >= 0.3 is 11.9 Å². The number of hydrogen-bond acceptors (Lipinski definition) is 5. The van der Waals surface area contributed by atoms with Gasteiger partial charge in [0.1, 0.15) is 18.4 Å². The monoisotopic (exact) mass is 313 g/mol. The van der Waals surface area contributed by atoms with Gasteiger partial charge in [0.25, 0.3) is 0 Å². The van der Waals surface area contributed by atoms with Crippen LogP contribution in [-0.2, 0) is 27.4 Å². The first kappa shape index (κ1) is 16.7. The van der Waals surface area contributed by atoms with E-state index < -0.39 is 12.0 Å². The molecule has 1 atom stereocenters. The van der Waals surface area contributed by atoms with E-state index in [2.05, 4.69) is 0 Å². The first-order valence-electron chi connectivity index (χ1n) is 7.28. The van der Waals surface area contributed by atoms with Gasteiger partial charge in [-0.05, 0) is 29.7 Å². The molecule has 2 aromatic rings. The maximum Gasteiger partial charge on any atom is 0.323 e. The van der Waals surface area contributed by atoms with Gasteiger partial charge in [0.15, 0.2) is 0 Å². The molecule has 2 N–H and O–H groups in total. The molecule has 0 heterocycles. The molecule has 2 aromatic carbocycles. The zero-order valence-electron chi connectivity index (χ0n) is 12.9. The summed E-state index contributed by atoms with van der Waals surface area (Å²) in [4.78, 5) is 22.8. The third-order valence-electron chi connectivity index (χ3n) is 3.17. The van der Waals surface area contributed by atoms with Gasteiger partial charge in [-0.2, -0.15) is 0 Å². The lowest BCUT2D eigenvalue weighted by atomic mass is 10.1. The van der Waals surface area contributed by atoms with Crippen molar-refractivity contribution < 1.29 is 19.1 Å². The molecule has 0 aliphatic heterocycles. The highest BCUT2D eigenvalue weighted by atomic mass is 16.5. The van der Waals surface area contributed by atoms with Gasteiger partial charge in [0, 0.05) is 6.92 Å². The fourth-order valence-corrected chi connectivity index (χ4v) is 2.03. The highest BCUT2D eigenvalue weighted by Gasteiger charge is 2.16. The zero-order valence-corrected chi connectivity index (χ0v) is 12.9. The first-order valence-corrected chi connectivity index (χ1v) is 7.28. The summed E-state index contributed by atoms with van der Waals surface area (Å²) >= 11 is 0. The van der Waals surface area contributed by atoms with E-state index in [1.807, 2.05) is 30.3 Å². The van der Waals surface area contributed by atoms with Crippen LogP contribution in [-0.4, -0.2) is 18.0 Å². The van der Waals surface area contributed by atoms with E-state index in [0.717, 1.165) is 11.1 Å². The second-order valence-corrected chi connectivity index (χ2v) is 5.14. The minimum atomic E-state index is -0.738. The summed E-state index contributed by atoms with van der Waals surface area (Å²) < 4.78 is 10.2. The Labute approximate surface area is 135 Å². The van der Waals surface area contributed by atoms with E-state index in [0.29, 0.717) is 12.2 Å². The Balaban J connectivity index is 1.84. The van der Waals surface area contributed by atoms with Crippen LogP contribution in [0.15, 0.2) is 54.6 Å². The molecule has 0 aliphatic rings. The van der Waals surface area contributed by atoms with Gasteiger partial charge in [-0.15, -0.1) is 0 Å². The molecule has 0 radical (unpaired) electrons. The smallest absolute Gasteiger partial charge is 0.323 e. The number of esters is 2. The Hall–Kier alpha value is -2.66. The number of ether oxygens (including phenoxy) is 2. The standard InChI is InChI=1S/C18H19NO4/c1-13(20)23-16-9-7-14(8-10-16)11-17(19)18(21)22-12-15-5-3-2-4-6-15/h2-10,17H,11-12,19H2,1H3/t17-/m0/s1. The van der Waals surface area contributed by atoms with Crippen LogP contribution in [0.5, 0.6) is 5.75 Å². The van der Waals surface area contributed by atoms with Crippen LogP contribution in [0.1, 0.15) is 18.1 Å². The number of rotatable bonds is 6. The van der Waals surface area contributed by atoms with E-state index >= 15 is 0 Å². The summed E-state index contributed by atoms with van der Waals surface area (Å²) in [5.41, 5.74) is 7.65. The molecule has 0 saturated heterocycles. The summed E-state index contributed by atoms with van der Waals surface area (Å²) in [6.45, 7) is 1.55. The lowest BCUT2D eigenvalue weighted by Crippen LogP contribution is -2.34. The summed E-state index contributed by atoms with van der Waals surface area (Å²) in [7, 11) is 0. The molecule has 120 valence electrons. The van der Waals surface area contributed by atoms with Crippen molar-refractivity contribution in [2.75, 3.05) is 0 Å². The molecule has 0 spiro atoms. The van der Waals surface area contributed by atoms with Crippen molar-refractivity contribution in [3.8, 4) is 5.75 Å². The van der Waals surface area contributed by atoms with E-state index in [1.165, 1.54) is 6.92 Å². The number of carbonyl (C=O) groups excluding carboxylic acids is 2. The van der Waals surface area contributed by atoms with E-state index in [1.54, 1.807) is 24.3 Å². The Morgan fingerprint density at radius 3 is 2.26 bits per heavy atom. The molecule has 0 bridgehead atoms. The summed E-state index contributed by atoms with van der Waals surface area (Å²) in [6.07, 6.45) is 0.355. The number of hydrogen-bond donors (Lipinski definition) is 1. The molecule has 5 heteroatoms. The van der Waals surface area contributed by atoms with Gasteiger partial charge in [0.2, 0.25) is 0 Å². The topological polar surface area (TPSA) is 78.6 Å². The Morgan fingerprint density at radius 2 is 1.65 bits per heavy atom. The van der Waals surface area contributed by atoms with Crippen molar-refractivity contribution in [3.05, 3.63) is 65.7 Å². The number of benzene rings is 2. The quantitative estimate of drug-likeness (QED) is 0.653. The van der Waals surface area contributed by atoms with E-state index in [4.69, 9.17) is 15.2 Å². The van der Waals surface area contributed by atoms with Crippen molar-refractivity contribution in [2.45, 2.75) is 26.0 Å². The fourth-order valence-electron chi connectivity index (χ4n) is 2.03. The van der Waals surface area contributed by atoms with Crippen LogP contribution in [0.2, 0.25) is 0 Å². The first-order chi connectivity index (χ1) is 11.0. The summed E-state index contributed by atoms with van der Waals surface area (Å²) in [6, 6.07) is 15.6. The number of carbonyl (C=O) groups is 2. The van der Waals surface area contributed by atoms with Crippen molar-refractivity contribution in [3.63, 3.8) is 0 Å². The molecular weight excluding hydrogens is 294 g/mol. The van der Waals surface area contributed by atoms with Crippen molar-refractivity contribution in [2.24, 2.45) is 5.73 Å². The predicted octanol–water partition coefficient (Wildman–Crippen LogP) is 2.23. The summed E-state index contributed by atoms with van der Waals surface area (Å²) in [5.74, 6) is -0.363. The normalized spacial score (nSPS) is 11.6. The third kappa shape index (κ3) is 5.56. The molecule has 2 rings (SSSR count). The molecular formula is C18H19NO4.